The van der Waals surface area contributed by atoms with Crippen LogP contribution in [0.1, 0.15) is 28.9 Å². The van der Waals surface area contributed by atoms with Gasteiger partial charge in [-0.05, 0) is 30.7 Å². The van der Waals surface area contributed by atoms with E-state index in [4.69, 9.17) is 4.74 Å². The zero-order chi connectivity index (χ0) is 16.4. The molecule has 0 bridgehead atoms. The number of methoxy groups -OCH3 is 1. The molecule has 5 nitrogen and oxygen atoms in total. The van der Waals surface area contributed by atoms with Crippen LogP contribution in [-0.4, -0.2) is 35.2 Å². The molecule has 3 rings (SSSR count). The van der Waals surface area contributed by atoms with E-state index in [-0.39, 0.29) is 11.9 Å². The van der Waals surface area contributed by atoms with Crippen molar-refractivity contribution in [3.8, 4) is 5.75 Å². The molecule has 118 valence electrons. The molecular weight excluding hydrogens is 290 g/mol. The lowest BCUT2D eigenvalue weighted by Crippen LogP contribution is -2.29. The summed E-state index contributed by atoms with van der Waals surface area (Å²) in [6.45, 7) is 2.01. The SMILES string of the molecule is COc1ccc(C(C)N(C)C(=O)c2cccc3cn[nH]c23)cc1. The van der Waals surface area contributed by atoms with E-state index >= 15 is 0 Å². The first-order valence-corrected chi connectivity index (χ1v) is 7.45. The summed E-state index contributed by atoms with van der Waals surface area (Å²) >= 11 is 0. The molecule has 1 heterocycles. The van der Waals surface area contributed by atoms with Crippen molar-refractivity contribution >= 4 is 16.8 Å². The number of nitrogens with one attached hydrogen (secondary N) is 1. The number of fused-ring (bicyclic) bond motifs is 1. The van der Waals surface area contributed by atoms with Gasteiger partial charge in [0.15, 0.2) is 0 Å². The standard InChI is InChI=1S/C18H19N3O2/c1-12(13-7-9-15(23-3)10-8-13)21(2)18(22)16-6-4-5-14-11-19-20-17(14)16/h4-12H,1-3H3,(H,19,20). The molecule has 2 aromatic carbocycles. The van der Waals surface area contributed by atoms with Gasteiger partial charge in [-0.3, -0.25) is 9.89 Å². The lowest BCUT2D eigenvalue weighted by Gasteiger charge is -2.25. The summed E-state index contributed by atoms with van der Waals surface area (Å²) in [5, 5.41) is 7.85. The zero-order valence-electron chi connectivity index (χ0n) is 13.4. The van der Waals surface area contributed by atoms with Gasteiger partial charge >= 0.3 is 0 Å². The summed E-state index contributed by atoms with van der Waals surface area (Å²) in [4.78, 5) is 14.6. The van der Waals surface area contributed by atoms with Gasteiger partial charge in [0.05, 0.1) is 30.4 Å². The van der Waals surface area contributed by atoms with Crippen LogP contribution >= 0.6 is 0 Å². The van der Waals surface area contributed by atoms with Crippen molar-refractivity contribution in [3.05, 3.63) is 59.8 Å². The second kappa shape index (κ2) is 6.12. The van der Waals surface area contributed by atoms with Crippen LogP contribution in [0.5, 0.6) is 5.75 Å². The average Bonchev–Trinajstić information content (AvgIpc) is 3.08. The van der Waals surface area contributed by atoms with E-state index in [1.807, 2.05) is 56.4 Å². The molecule has 0 spiro atoms. The van der Waals surface area contributed by atoms with E-state index in [0.717, 1.165) is 22.2 Å². The minimum Gasteiger partial charge on any atom is -0.497 e. The summed E-state index contributed by atoms with van der Waals surface area (Å²) < 4.78 is 5.17. The molecule has 0 aliphatic rings. The van der Waals surface area contributed by atoms with Gasteiger partial charge in [-0.1, -0.05) is 24.3 Å². The number of hydrogen-bond donors (Lipinski definition) is 1. The Labute approximate surface area is 134 Å². The Hall–Kier alpha value is -2.82. The number of ether oxygens (including phenoxy) is 1. The molecule has 23 heavy (non-hydrogen) atoms. The van der Waals surface area contributed by atoms with Gasteiger partial charge in [0.1, 0.15) is 5.75 Å². The maximum absolute atomic E-state index is 12.8. The largest absolute Gasteiger partial charge is 0.497 e. The number of carbonyl (C=O) groups is 1. The summed E-state index contributed by atoms with van der Waals surface area (Å²) in [5.41, 5.74) is 2.45. The van der Waals surface area contributed by atoms with E-state index in [9.17, 15) is 4.79 Å². The predicted molar refractivity (Wildman–Crippen MR) is 89.6 cm³/mol. The van der Waals surface area contributed by atoms with Crippen molar-refractivity contribution in [2.75, 3.05) is 14.2 Å². The smallest absolute Gasteiger partial charge is 0.256 e. The monoisotopic (exact) mass is 309 g/mol. The zero-order valence-corrected chi connectivity index (χ0v) is 13.4. The predicted octanol–water partition coefficient (Wildman–Crippen LogP) is 3.40. The maximum atomic E-state index is 12.8. The number of amides is 1. The number of aromatic nitrogens is 2. The van der Waals surface area contributed by atoms with Crippen LogP contribution in [0.3, 0.4) is 0 Å². The van der Waals surface area contributed by atoms with Crippen LogP contribution in [0.25, 0.3) is 10.9 Å². The molecule has 0 saturated heterocycles. The fraction of sp³-hybridized carbons (Fsp3) is 0.222. The Balaban J connectivity index is 1.87. The van der Waals surface area contributed by atoms with Crippen LogP contribution in [0.2, 0.25) is 0 Å². The molecule has 1 N–H and O–H groups in total. The number of para-hydroxylation sites is 1. The first-order chi connectivity index (χ1) is 11.1. The molecule has 0 fully saturated rings. The van der Waals surface area contributed by atoms with Crippen molar-refractivity contribution < 1.29 is 9.53 Å². The number of aromatic amines is 1. The van der Waals surface area contributed by atoms with E-state index in [1.54, 1.807) is 18.2 Å². The van der Waals surface area contributed by atoms with Gasteiger partial charge in [0.25, 0.3) is 5.91 Å². The quantitative estimate of drug-likeness (QED) is 0.803. The molecule has 0 aliphatic heterocycles. The van der Waals surface area contributed by atoms with Gasteiger partial charge in [-0.15, -0.1) is 0 Å². The van der Waals surface area contributed by atoms with Crippen molar-refractivity contribution in [2.45, 2.75) is 13.0 Å². The molecule has 5 heteroatoms. The fourth-order valence-corrected chi connectivity index (χ4v) is 2.62. The molecule has 0 aliphatic carbocycles. The third-order valence-electron chi connectivity index (χ3n) is 4.21. The summed E-state index contributed by atoms with van der Waals surface area (Å²) in [6, 6.07) is 13.3. The van der Waals surface area contributed by atoms with Crippen molar-refractivity contribution in [3.63, 3.8) is 0 Å². The van der Waals surface area contributed by atoms with Crippen molar-refractivity contribution in [1.82, 2.24) is 15.1 Å². The van der Waals surface area contributed by atoms with E-state index in [0.29, 0.717) is 5.56 Å². The summed E-state index contributed by atoms with van der Waals surface area (Å²) in [5.74, 6) is 0.764. The molecule has 0 radical (unpaired) electrons. The lowest BCUT2D eigenvalue weighted by molar-refractivity contribution is 0.0744. The van der Waals surface area contributed by atoms with Crippen LogP contribution in [-0.2, 0) is 0 Å². The second-order valence-electron chi connectivity index (χ2n) is 5.50. The number of nitrogens with zero attached hydrogens (tertiary/aromatic N) is 2. The summed E-state index contributed by atoms with van der Waals surface area (Å²) in [7, 11) is 3.45. The maximum Gasteiger partial charge on any atom is 0.256 e. The lowest BCUT2D eigenvalue weighted by atomic mass is 10.1. The van der Waals surface area contributed by atoms with Crippen molar-refractivity contribution in [1.29, 1.82) is 0 Å². The number of benzene rings is 2. The second-order valence-corrected chi connectivity index (χ2v) is 5.50. The molecule has 1 aromatic heterocycles. The van der Waals surface area contributed by atoms with E-state index in [1.165, 1.54) is 0 Å². The van der Waals surface area contributed by atoms with Gasteiger partial charge in [0.2, 0.25) is 0 Å². The molecule has 1 amide bonds. The fourth-order valence-electron chi connectivity index (χ4n) is 2.62. The van der Waals surface area contributed by atoms with Crippen LogP contribution in [0.4, 0.5) is 0 Å². The Morgan fingerprint density at radius 3 is 2.65 bits per heavy atom. The first kappa shape index (κ1) is 15.1. The van der Waals surface area contributed by atoms with Gasteiger partial charge in [-0.2, -0.15) is 5.10 Å². The van der Waals surface area contributed by atoms with Crippen LogP contribution < -0.4 is 4.74 Å². The average molecular weight is 309 g/mol. The van der Waals surface area contributed by atoms with Gasteiger partial charge < -0.3 is 9.64 Å². The van der Waals surface area contributed by atoms with Crippen molar-refractivity contribution in [2.24, 2.45) is 0 Å². The minimum atomic E-state index is -0.0495. The molecule has 1 unspecified atom stereocenters. The normalized spacial score (nSPS) is 12.1. The molecule has 3 aromatic rings. The van der Waals surface area contributed by atoms with Gasteiger partial charge in [-0.25, -0.2) is 0 Å². The topological polar surface area (TPSA) is 58.2 Å². The highest BCUT2D eigenvalue weighted by molar-refractivity contribution is 6.05. The molecule has 0 saturated carbocycles. The third kappa shape index (κ3) is 2.77. The number of carbonyl (C=O) groups excluding carboxylic acids is 1. The van der Waals surface area contributed by atoms with Gasteiger partial charge in [0, 0.05) is 12.4 Å². The Morgan fingerprint density at radius 2 is 1.96 bits per heavy atom. The molecule has 1 atom stereocenters. The first-order valence-electron chi connectivity index (χ1n) is 7.45. The third-order valence-corrected chi connectivity index (χ3v) is 4.21. The van der Waals surface area contributed by atoms with Crippen LogP contribution in [0.15, 0.2) is 48.7 Å². The number of H-pyrrole nitrogens is 1. The number of hydrogen-bond acceptors (Lipinski definition) is 3. The molecular formula is C18H19N3O2. The minimum absolute atomic E-state index is 0.0387. The highest BCUT2D eigenvalue weighted by Crippen LogP contribution is 2.25. The summed E-state index contributed by atoms with van der Waals surface area (Å²) in [6.07, 6.45) is 1.72. The van der Waals surface area contributed by atoms with Crippen LogP contribution in [0, 0.1) is 0 Å². The Kier molecular flexibility index (Phi) is 4.02. The highest BCUT2D eigenvalue weighted by Gasteiger charge is 2.21. The Morgan fingerprint density at radius 1 is 1.22 bits per heavy atom. The number of rotatable bonds is 4. The van der Waals surface area contributed by atoms with E-state index < -0.39 is 0 Å². The Bertz CT molecular complexity index is 824. The highest BCUT2D eigenvalue weighted by atomic mass is 16.5. The van der Waals surface area contributed by atoms with E-state index in [2.05, 4.69) is 10.2 Å².